The van der Waals surface area contributed by atoms with Gasteiger partial charge in [0.05, 0.1) is 16.7 Å². The Labute approximate surface area is 155 Å². The molecule has 1 aliphatic heterocycles. The number of imide groups is 1. The van der Waals surface area contributed by atoms with Crippen LogP contribution in [0.25, 0.3) is 0 Å². The molecule has 0 aromatic heterocycles. The predicted octanol–water partition coefficient (Wildman–Crippen LogP) is 2.32. The standard InChI is InChI=1S/C20H18N2O5/c1-11-5-4-6-12(2)17(11)21-16(23)10-27-20(26)13-7-8-14-15(9-13)19(25)22(3)18(14)24/h4-9H,10H2,1-3H3,(H,21,23). The number of aryl methyl sites for hydroxylation is 2. The highest BCUT2D eigenvalue weighted by molar-refractivity contribution is 6.21. The fourth-order valence-electron chi connectivity index (χ4n) is 2.89. The van der Waals surface area contributed by atoms with Crippen LogP contribution >= 0.6 is 0 Å². The molecular formula is C20H18N2O5. The summed E-state index contributed by atoms with van der Waals surface area (Å²) < 4.78 is 5.03. The van der Waals surface area contributed by atoms with Gasteiger partial charge in [-0.3, -0.25) is 19.3 Å². The predicted molar refractivity (Wildman–Crippen MR) is 97.7 cm³/mol. The number of hydrogen-bond donors (Lipinski definition) is 1. The maximum atomic E-state index is 12.2. The summed E-state index contributed by atoms with van der Waals surface area (Å²) in [5.74, 6) is -2.10. The lowest BCUT2D eigenvalue weighted by Gasteiger charge is -2.11. The molecule has 0 bridgehead atoms. The van der Waals surface area contributed by atoms with Gasteiger partial charge in [0.15, 0.2) is 6.61 Å². The zero-order valence-electron chi connectivity index (χ0n) is 15.2. The van der Waals surface area contributed by atoms with Gasteiger partial charge < -0.3 is 10.1 Å². The molecule has 3 rings (SSSR count). The molecule has 0 saturated carbocycles. The molecule has 0 spiro atoms. The highest BCUT2D eigenvalue weighted by Gasteiger charge is 2.33. The number of nitrogens with one attached hydrogen (secondary N) is 1. The molecule has 2 aromatic carbocycles. The zero-order chi connectivity index (χ0) is 19.7. The van der Waals surface area contributed by atoms with E-state index in [4.69, 9.17) is 4.74 Å². The number of benzene rings is 2. The van der Waals surface area contributed by atoms with E-state index in [1.165, 1.54) is 25.2 Å². The Kier molecular flexibility index (Phi) is 4.77. The molecule has 0 fully saturated rings. The molecule has 0 unspecified atom stereocenters. The number of para-hydroxylation sites is 1. The van der Waals surface area contributed by atoms with Crippen LogP contribution in [0.3, 0.4) is 0 Å². The van der Waals surface area contributed by atoms with E-state index in [1.807, 2.05) is 32.0 Å². The molecule has 138 valence electrons. The summed E-state index contributed by atoms with van der Waals surface area (Å²) in [5.41, 5.74) is 2.98. The molecule has 0 aliphatic carbocycles. The minimum absolute atomic E-state index is 0.102. The molecular weight excluding hydrogens is 348 g/mol. The number of esters is 1. The van der Waals surface area contributed by atoms with Crippen molar-refractivity contribution in [3.63, 3.8) is 0 Å². The second-order valence-electron chi connectivity index (χ2n) is 6.32. The second kappa shape index (κ2) is 7.03. The monoisotopic (exact) mass is 366 g/mol. The number of hydrogen-bond acceptors (Lipinski definition) is 5. The van der Waals surface area contributed by atoms with Crippen molar-refractivity contribution in [3.8, 4) is 0 Å². The van der Waals surface area contributed by atoms with Crippen molar-refractivity contribution in [1.29, 1.82) is 0 Å². The number of amides is 3. The summed E-state index contributed by atoms with van der Waals surface area (Å²) in [6.45, 7) is 3.28. The second-order valence-corrected chi connectivity index (χ2v) is 6.32. The van der Waals surface area contributed by atoms with Gasteiger partial charge in [0, 0.05) is 12.7 Å². The molecule has 0 saturated heterocycles. The molecule has 7 heteroatoms. The minimum Gasteiger partial charge on any atom is -0.452 e. The highest BCUT2D eigenvalue weighted by Crippen LogP contribution is 2.23. The Morgan fingerprint density at radius 3 is 2.30 bits per heavy atom. The molecule has 2 aromatic rings. The van der Waals surface area contributed by atoms with E-state index in [-0.39, 0.29) is 16.7 Å². The molecule has 1 heterocycles. The van der Waals surface area contributed by atoms with Gasteiger partial charge in [0.2, 0.25) is 0 Å². The number of nitrogens with zero attached hydrogens (tertiary/aromatic N) is 1. The molecule has 0 radical (unpaired) electrons. The van der Waals surface area contributed by atoms with E-state index in [1.54, 1.807) is 0 Å². The van der Waals surface area contributed by atoms with Crippen molar-refractivity contribution < 1.29 is 23.9 Å². The largest absolute Gasteiger partial charge is 0.452 e. The summed E-state index contributed by atoms with van der Waals surface area (Å²) in [5, 5.41) is 2.72. The van der Waals surface area contributed by atoms with Gasteiger partial charge in [-0.15, -0.1) is 0 Å². The smallest absolute Gasteiger partial charge is 0.338 e. The SMILES string of the molecule is Cc1cccc(C)c1NC(=O)COC(=O)c1ccc2c(c1)C(=O)N(C)C2=O. The lowest BCUT2D eigenvalue weighted by molar-refractivity contribution is -0.119. The normalized spacial score (nSPS) is 12.8. The molecule has 7 nitrogen and oxygen atoms in total. The quantitative estimate of drug-likeness (QED) is 0.662. The van der Waals surface area contributed by atoms with Gasteiger partial charge in [-0.25, -0.2) is 4.79 Å². The third-order valence-electron chi connectivity index (χ3n) is 4.41. The number of fused-ring (bicyclic) bond motifs is 1. The lowest BCUT2D eigenvalue weighted by Crippen LogP contribution is -2.24. The summed E-state index contributed by atoms with van der Waals surface area (Å²) in [6, 6.07) is 9.74. The van der Waals surface area contributed by atoms with E-state index < -0.39 is 30.3 Å². The van der Waals surface area contributed by atoms with Crippen LogP contribution in [-0.4, -0.2) is 42.2 Å². The van der Waals surface area contributed by atoms with Crippen LogP contribution in [0.4, 0.5) is 5.69 Å². The number of rotatable bonds is 4. The number of carbonyl (C=O) groups excluding carboxylic acids is 4. The van der Waals surface area contributed by atoms with Crippen molar-refractivity contribution >= 4 is 29.4 Å². The van der Waals surface area contributed by atoms with E-state index in [0.29, 0.717) is 5.69 Å². The summed E-state index contributed by atoms with van der Waals surface area (Å²) in [7, 11) is 1.38. The Bertz CT molecular complexity index is 960. The Morgan fingerprint density at radius 2 is 1.63 bits per heavy atom. The summed E-state index contributed by atoms with van der Waals surface area (Å²) in [4.78, 5) is 49.1. The van der Waals surface area contributed by atoms with Crippen molar-refractivity contribution in [2.75, 3.05) is 19.0 Å². The number of carbonyl (C=O) groups is 4. The van der Waals surface area contributed by atoms with Crippen LogP contribution < -0.4 is 5.32 Å². The van der Waals surface area contributed by atoms with E-state index in [2.05, 4.69) is 5.32 Å². The van der Waals surface area contributed by atoms with E-state index >= 15 is 0 Å². The van der Waals surface area contributed by atoms with E-state index in [0.717, 1.165) is 16.0 Å². The zero-order valence-corrected chi connectivity index (χ0v) is 15.2. The molecule has 27 heavy (non-hydrogen) atoms. The van der Waals surface area contributed by atoms with Gasteiger partial charge in [-0.1, -0.05) is 18.2 Å². The third kappa shape index (κ3) is 3.44. The minimum atomic E-state index is -0.746. The van der Waals surface area contributed by atoms with Crippen molar-refractivity contribution in [2.45, 2.75) is 13.8 Å². The topological polar surface area (TPSA) is 92.8 Å². The summed E-state index contributed by atoms with van der Waals surface area (Å²) in [6.07, 6.45) is 0. The highest BCUT2D eigenvalue weighted by atomic mass is 16.5. The fourth-order valence-corrected chi connectivity index (χ4v) is 2.89. The molecule has 3 amide bonds. The van der Waals surface area contributed by atoms with Crippen molar-refractivity contribution in [2.24, 2.45) is 0 Å². The first-order chi connectivity index (χ1) is 12.8. The average molecular weight is 366 g/mol. The van der Waals surface area contributed by atoms with E-state index in [9.17, 15) is 19.2 Å². The Balaban J connectivity index is 1.66. The number of ether oxygens (including phenoxy) is 1. The van der Waals surface area contributed by atoms with Crippen LogP contribution in [0.2, 0.25) is 0 Å². The van der Waals surface area contributed by atoms with Gasteiger partial charge >= 0.3 is 5.97 Å². The molecule has 1 aliphatic rings. The van der Waals surface area contributed by atoms with Crippen LogP contribution in [0.15, 0.2) is 36.4 Å². The first-order valence-electron chi connectivity index (χ1n) is 8.29. The third-order valence-corrected chi connectivity index (χ3v) is 4.41. The average Bonchev–Trinajstić information content (AvgIpc) is 2.87. The van der Waals surface area contributed by atoms with Crippen molar-refractivity contribution in [3.05, 3.63) is 64.2 Å². The Morgan fingerprint density at radius 1 is 1.00 bits per heavy atom. The summed E-state index contributed by atoms with van der Waals surface area (Å²) >= 11 is 0. The van der Waals surface area contributed by atoms with Crippen LogP contribution in [0.1, 0.15) is 42.2 Å². The van der Waals surface area contributed by atoms with Gasteiger partial charge in [-0.05, 0) is 43.2 Å². The van der Waals surface area contributed by atoms with Crippen molar-refractivity contribution in [1.82, 2.24) is 4.90 Å². The van der Waals surface area contributed by atoms with Crippen LogP contribution in [0, 0.1) is 13.8 Å². The maximum absolute atomic E-state index is 12.2. The molecule has 1 N–H and O–H groups in total. The number of anilines is 1. The van der Waals surface area contributed by atoms with Crippen LogP contribution in [-0.2, 0) is 9.53 Å². The van der Waals surface area contributed by atoms with Crippen LogP contribution in [0.5, 0.6) is 0 Å². The fraction of sp³-hybridized carbons (Fsp3) is 0.200. The van der Waals surface area contributed by atoms with Gasteiger partial charge in [-0.2, -0.15) is 0 Å². The first-order valence-corrected chi connectivity index (χ1v) is 8.29. The van der Waals surface area contributed by atoms with Gasteiger partial charge in [0.25, 0.3) is 17.7 Å². The van der Waals surface area contributed by atoms with Gasteiger partial charge in [0.1, 0.15) is 0 Å². The molecule has 0 atom stereocenters. The first kappa shape index (κ1) is 18.3. The maximum Gasteiger partial charge on any atom is 0.338 e. The Hall–Kier alpha value is -3.48. The lowest BCUT2D eigenvalue weighted by atomic mass is 10.1.